The van der Waals surface area contributed by atoms with Crippen molar-refractivity contribution in [2.45, 2.75) is 33.2 Å². The van der Waals surface area contributed by atoms with E-state index in [1.165, 1.54) is 11.1 Å². The van der Waals surface area contributed by atoms with Crippen LogP contribution in [0.25, 0.3) is 0 Å². The highest BCUT2D eigenvalue weighted by atomic mass is 16.5. The molecule has 1 N–H and O–H groups in total. The van der Waals surface area contributed by atoms with Crippen molar-refractivity contribution in [2.75, 3.05) is 33.9 Å². The van der Waals surface area contributed by atoms with Crippen LogP contribution in [0.4, 0.5) is 0 Å². The van der Waals surface area contributed by atoms with Gasteiger partial charge in [-0.25, -0.2) is 0 Å². The van der Waals surface area contributed by atoms with Crippen LogP contribution in [0.5, 0.6) is 11.5 Å². The van der Waals surface area contributed by atoms with Gasteiger partial charge in [0.25, 0.3) is 0 Å². The smallest absolute Gasteiger partial charge is 0.224 e. The lowest BCUT2D eigenvalue weighted by Gasteiger charge is -2.30. The van der Waals surface area contributed by atoms with Crippen LogP contribution in [-0.4, -0.2) is 44.7 Å². The monoisotopic (exact) mass is 384 g/mol. The molecule has 1 unspecified atom stereocenters. The summed E-state index contributed by atoms with van der Waals surface area (Å²) in [5.74, 6) is 1.29. The average Bonchev–Trinajstić information content (AvgIpc) is 2.71. The molecule has 0 heterocycles. The number of rotatable bonds is 10. The minimum absolute atomic E-state index is 0.00325. The number of carbonyl (C=O) groups is 1. The SMILES string of the molecule is CCN(CC)C(CNC(=O)Cc1ccc(OC)c(OC)c1)c1ccc(C)cc1. The van der Waals surface area contributed by atoms with Gasteiger partial charge in [-0.1, -0.05) is 49.7 Å². The Bertz CT molecular complexity index is 755. The molecule has 0 aromatic heterocycles. The van der Waals surface area contributed by atoms with Crippen LogP contribution in [0.15, 0.2) is 42.5 Å². The number of hydrogen-bond donors (Lipinski definition) is 1. The van der Waals surface area contributed by atoms with Crippen LogP contribution in [-0.2, 0) is 11.2 Å². The molecule has 0 saturated carbocycles. The Labute approximate surface area is 168 Å². The van der Waals surface area contributed by atoms with Crippen molar-refractivity contribution in [3.8, 4) is 11.5 Å². The lowest BCUT2D eigenvalue weighted by atomic mass is 10.0. The predicted octanol–water partition coefficient (Wildman–Crippen LogP) is 3.75. The molecule has 0 bridgehead atoms. The lowest BCUT2D eigenvalue weighted by molar-refractivity contribution is -0.120. The number of carbonyl (C=O) groups excluding carboxylic acids is 1. The zero-order valence-corrected chi connectivity index (χ0v) is 17.6. The van der Waals surface area contributed by atoms with Gasteiger partial charge in [0.05, 0.1) is 26.7 Å². The molecule has 2 rings (SSSR count). The number of methoxy groups -OCH3 is 2. The van der Waals surface area contributed by atoms with Crippen LogP contribution in [0.2, 0.25) is 0 Å². The molecule has 2 aromatic carbocycles. The zero-order chi connectivity index (χ0) is 20.5. The lowest BCUT2D eigenvalue weighted by Crippen LogP contribution is -2.38. The number of nitrogens with one attached hydrogen (secondary N) is 1. The van der Waals surface area contributed by atoms with Crippen LogP contribution >= 0.6 is 0 Å². The molecule has 0 spiro atoms. The molecule has 0 radical (unpaired) electrons. The summed E-state index contributed by atoms with van der Waals surface area (Å²) >= 11 is 0. The number of aryl methyl sites for hydroxylation is 1. The largest absolute Gasteiger partial charge is 0.493 e. The molecule has 5 heteroatoms. The number of ether oxygens (including phenoxy) is 2. The third-order valence-corrected chi connectivity index (χ3v) is 5.02. The topological polar surface area (TPSA) is 50.8 Å². The van der Waals surface area contributed by atoms with Gasteiger partial charge >= 0.3 is 0 Å². The van der Waals surface area contributed by atoms with Gasteiger partial charge in [-0.3, -0.25) is 9.69 Å². The molecular formula is C23H32N2O3. The van der Waals surface area contributed by atoms with Gasteiger partial charge in [-0.05, 0) is 43.3 Å². The van der Waals surface area contributed by atoms with E-state index in [2.05, 4.69) is 55.3 Å². The molecular weight excluding hydrogens is 352 g/mol. The fourth-order valence-corrected chi connectivity index (χ4v) is 3.36. The fourth-order valence-electron chi connectivity index (χ4n) is 3.36. The second kappa shape index (κ2) is 10.7. The highest BCUT2D eigenvalue weighted by Gasteiger charge is 2.19. The van der Waals surface area contributed by atoms with E-state index in [-0.39, 0.29) is 11.9 Å². The summed E-state index contributed by atoms with van der Waals surface area (Å²) < 4.78 is 10.6. The summed E-state index contributed by atoms with van der Waals surface area (Å²) in [5, 5.41) is 3.11. The Morgan fingerprint density at radius 2 is 1.64 bits per heavy atom. The molecule has 1 atom stereocenters. The molecule has 2 aromatic rings. The quantitative estimate of drug-likeness (QED) is 0.678. The van der Waals surface area contributed by atoms with Crippen LogP contribution in [0.3, 0.4) is 0 Å². The van der Waals surface area contributed by atoms with E-state index in [1.807, 2.05) is 18.2 Å². The summed E-state index contributed by atoms with van der Waals surface area (Å²) in [6.07, 6.45) is 0.305. The summed E-state index contributed by atoms with van der Waals surface area (Å²) in [4.78, 5) is 14.9. The van der Waals surface area contributed by atoms with Crippen molar-refractivity contribution in [1.29, 1.82) is 0 Å². The normalized spacial score (nSPS) is 11.9. The highest BCUT2D eigenvalue weighted by Crippen LogP contribution is 2.27. The van der Waals surface area contributed by atoms with E-state index in [1.54, 1.807) is 14.2 Å². The second-order valence-electron chi connectivity index (χ2n) is 6.82. The molecule has 0 aliphatic heterocycles. The van der Waals surface area contributed by atoms with Gasteiger partial charge < -0.3 is 14.8 Å². The van der Waals surface area contributed by atoms with Crippen molar-refractivity contribution >= 4 is 5.91 Å². The van der Waals surface area contributed by atoms with Crippen molar-refractivity contribution in [3.63, 3.8) is 0 Å². The maximum absolute atomic E-state index is 12.6. The Morgan fingerprint density at radius 3 is 2.21 bits per heavy atom. The molecule has 28 heavy (non-hydrogen) atoms. The minimum Gasteiger partial charge on any atom is -0.493 e. The summed E-state index contributed by atoms with van der Waals surface area (Å²) in [5.41, 5.74) is 3.35. The number of hydrogen-bond acceptors (Lipinski definition) is 4. The average molecular weight is 385 g/mol. The number of likely N-dealkylation sites (N-methyl/N-ethyl adjacent to an activating group) is 1. The first kappa shape index (κ1) is 21.8. The van der Waals surface area contributed by atoms with Gasteiger partial charge in [0, 0.05) is 6.54 Å². The van der Waals surface area contributed by atoms with Gasteiger partial charge in [0.15, 0.2) is 11.5 Å². The Kier molecular flexibility index (Phi) is 8.33. The first-order valence-electron chi connectivity index (χ1n) is 9.80. The standard InChI is InChI=1S/C23H32N2O3/c1-6-25(7-2)20(19-11-8-17(3)9-12-19)16-24-23(26)15-18-10-13-21(27-4)22(14-18)28-5/h8-14,20H,6-7,15-16H2,1-5H3,(H,24,26). The molecule has 1 amide bonds. The summed E-state index contributed by atoms with van der Waals surface area (Å²) in [6.45, 7) is 8.82. The van der Waals surface area contributed by atoms with Gasteiger partial charge in [-0.2, -0.15) is 0 Å². The Morgan fingerprint density at radius 1 is 1.00 bits per heavy atom. The second-order valence-corrected chi connectivity index (χ2v) is 6.82. The summed E-state index contributed by atoms with van der Waals surface area (Å²) in [6, 6.07) is 14.3. The summed E-state index contributed by atoms with van der Waals surface area (Å²) in [7, 11) is 3.20. The van der Waals surface area contributed by atoms with Crippen LogP contribution in [0.1, 0.15) is 36.6 Å². The molecule has 0 aliphatic rings. The van der Waals surface area contributed by atoms with E-state index < -0.39 is 0 Å². The van der Waals surface area contributed by atoms with Crippen molar-refractivity contribution in [2.24, 2.45) is 0 Å². The Hall–Kier alpha value is -2.53. The third-order valence-electron chi connectivity index (χ3n) is 5.02. The van der Waals surface area contributed by atoms with Crippen molar-refractivity contribution in [1.82, 2.24) is 10.2 Å². The van der Waals surface area contributed by atoms with E-state index >= 15 is 0 Å². The zero-order valence-electron chi connectivity index (χ0n) is 17.6. The number of benzene rings is 2. The van der Waals surface area contributed by atoms with Crippen molar-refractivity contribution < 1.29 is 14.3 Å². The predicted molar refractivity (Wildman–Crippen MR) is 113 cm³/mol. The maximum Gasteiger partial charge on any atom is 0.224 e. The van der Waals surface area contributed by atoms with Gasteiger partial charge in [-0.15, -0.1) is 0 Å². The fraction of sp³-hybridized carbons (Fsp3) is 0.435. The number of amides is 1. The minimum atomic E-state index is -0.00325. The highest BCUT2D eigenvalue weighted by molar-refractivity contribution is 5.78. The molecule has 152 valence electrons. The van der Waals surface area contributed by atoms with Crippen molar-refractivity contribution in [3.05, 3.63) is 59.2 Å². The van der Waals surface area contributed by atoms with Gasteiger partial charge in [0.1, 0.15) is 0 Å². The molecule has 0 saturated heterocycles. The third kappa shape index (κ3) is 5.73. The Balaban J connectivity index is 2.05. The first-order valence-corrected chi connectivity index (χ1v) is 9.80. The van der Waals surface area contributed by atoms with Crippen LogP contribution in [0, 0.1) is 6.92 Å². The maximum atomic E-state index is 12.6. The van der Waals surface area contributed by atoms with E-state index in [4.69, 9.17) is 9.47 Å². The molecule has 5 nitrogen and oxygen atoms in total. The molecule has 0 fully saturated rings. The van der Waals surface area contributed by atoms with E-state index in [0.717, 1.165) is 18.7 Å². The first-order chi connectivity index (χ1) is 13.5. The van der Waals surface area contributed by atoms with Gasteiger partial charge in [0.2, 0.25) is 5.91 Å². The van der Waals surface area contributed by atoms with E-state index in [0.29, 0.717) is 24.5 Å². The van der Waals surface area contributed by atoms with Crippen LogP contribution < -0.4 is 14.8 Å². The molecule has 0 aliphatic carbocycles. The van der Waals surface area contributed by atoms with E-state index in [9.17, 15) is 4.79 Å². The number of nitrogens with zero attached hydrogens (tertiary/aromatic N) is 1.